The number of hydrogen-bond donors (Lipinski definition) is 1. The quantitative estimate of drug-likeness (QED) is 0.752. The van der Waals surface area contributed by atoms with E-state index in [1.54, 1.807) is 12.1 Å². The van der Waals surface area contributed by atoms with Gasteiger partial charge in [0.2, 0.25) is 5.91 Å². The molecule has 0 aliphatic rings. The molecule has 0 bridgehead atoms. The maximum atomic E-state index is 11.8. The van der Waals surface area contributed by atoms with Crippen molar-refractivity contribution in [3.05, 3.63) is 54.3 Å². The number of hydrogen-bond acceptors (Lipinski definition) is 6. The monoisotopic (exact) mass is 315 g/mol. The van der Waals surface area contributed by atoms with Crippen LogP contribution in [0.3, 0.4) is 0 Å². The average molecular weight is 315 g/mol. The summed E-state index contributed by atoms with van der Waals surface area (Å²) in [6.45, 7) is 0. The van der Waals surface area contributed by atoms with Crippen molar-refractivity contribution in [1.29, 1.82) is 0 Å². The van der Waals surface area contributed by atoms with Gasteiger partial charge in [-0.3, -0.25) is 10.1 Å². The van der Waals surface area contributed by atoms with Gasteiger partial charge in [-0.05, 0) is 17.7 Å². The van der Waals surface area contributed by atoms with E-state index < -0.39 is 0 Å². The molecule has 112 valence electrons. The number of aromatic nitrogens is 2. The molecule has 0 unspecified atom stereocenters. The normalized spacial score (nSPS) is 10.5. The highest BCUT2D eigenvalue weighted by atomic mass is 32.2. The molecule has 0 saturated carbocycles. The van der Waals surface area contributed by atoms with Crippen LogP contribution in [0, 0.1) is 0 Å². The predicted octanol–water partition coefficient (Wildman–Crippen LogP) is 3.20. The first-order valence-electron chi connectivity index (χ1n) is 6.60. The third kappa shape index (κ3) is 3.76. The van der Waals surface area contributed by atoms with Gasteiger partial charge >= 0.3 is 6.01 Å². The number of nitrogens with zero attached hydrogens (tertiary/aromatic N) is 2. The van der Waals surface area contributed by atoms with E-state index in [-0.39, 0.29) is 17.8 Å². The van der Waals surface area contributed by atoms with Crippen molar-refractivity contribution in [1.82, 2.24) is 10.2 Å². The molecule has 0 saturated heterocycles. The second-order valence-electron chi connectivity index (χ2n) is 4.42. The third-order valence-corrected chi connectivity index (χ3v) is 3.75. The van der Waals surface area contributed by atoms with E-state index in [4.69, 9.17) is 8.83 Å². The molecule has 3 rings (SSSR count). The molecule has 7 heteroatoms. The van der Waals surface area contributed by atoms with Crippen molar-refractivity contribution in [3.8, 4) is 11.7 Å². The molecule has 2 aromatic heterocycles. The molecule has 3 aromatic rings. The van der Waals surface area contributed by atoms with Gasteiger partial charge in [-0.1, -0.05) is 35.4 Å². The van der Waals surface area contributed by atoms with E-state index >= 15 is 0 Å². The number of furan rings is 1. The fraction of sp³-hybridized carbons (Fsp3) is 0.133. The summed E-state index contributed by atoms with van der Waals surface area (Å²) in [6.07, 6.45) is 1.51. The highest BCUT2D eigenvalue weighted by molar-refractivity contribution is 7.99. The maximum absolute atomic E-state index is 11.8. The van der Waals surface area contributed by atoms with Crippen LogP contribution in [0.4, 0.5) is 6.01 Å². The van der Waals surface area contributed by atoms with Gasteiger partial charge in [0.25, 0.3) is 5.89 Å². The summed E-state index contributed by atoms with van der Waals surface area (Å²) in [4.78, 5) is 11.8. The molecular formula is C15H13N3O3S. The van der Waals surface area contributed by atoms with Crippen molar-refractivity contribution < 1.29 is 13.6 Å². The zero-order valence-corrected chi connectivity index (χ0v) is 12.4. The number of anilines is 1. The van der Waals surface area contributed by atoms with Crippen LogP contribution in [-0.2, 0) is 10.5 Å². The second-order valence-corrected chi connectivity index (χ2v) is 5.40. The lowest BCUT2D eigenvalue weighted by Crippen LogP contribution is -2.14. The first-order chi connectivity index (χ1) is 10.8. The topological polar surface area (TPSA) is 81.2 Å². The number of nitrogens with one attached hydrogen (secondary N) is 1. The number of rotatable bonds is 6. The Hall–Kier alpha value is -2.54. The van der Waals surface area contributed by atoms with Crippen LogP contribution in [0.15, 0.2) is 57.6 Å². The smallest absolute Gasteiger partial charge is 0.322 e. The van der Waals surface area contributed by atoms with E-state index in [1.165, 1.54) is 23.6 Å². The molecule has 0 spiro atoms. The summed E-state index contributed by atoms with van der Waals surface area (Å²) >= 11 is 1.52. The minimum absolute atomic E-state index is 0.0664. The highest BCUT2D eigenvalue weighted by Gasteiger charge is 2.12. The Kier molecular flexibility index (Phi) is 4.55. The van der Waals surface area contributed by atoms with E-state index in [2.05, 4.69) is 15.5 Å². The first-order valence-corrected chi connectivity index (χ1v) is 7.75. The van der Waals surface area contributed by atoms with E-state index in [0.29, 0.717) is 11.5 Å². The molecule has 0 aliphatic heterocycles. The van der Waals surface area contributed by atoms with Crippen molar-refractivity contribution in [2.75, 3.05) is 11.1 Å². The Bertz CT molecular complexity index is 726. The summed E-state index contributed by atoms with van der Waals surface area (Å²) in [5, 5.41) is 10.1. The molecule has 0 atom stereocenters. The number of benzene rings is 1. The van der Waals surface area contributed by atoms with Crippen molar-refractivity contribution >= 4 is 23.7 Å². The standard InChI is InChI=1S/C15H13N3O3S/c19-13(10-22-9-11-5-2-1-3-6-11)16-15-18-17-14(21-15)12-7-4-8-20-12/h1-8H,9-10H2,(H,16,18,19). The largest absolute Gasteiger partial charge is 0.459 e. The minimum Gasteiger partial charge on any atom is -0.459 e. The van der Waals surface area contributed by atoms with Gasteiger partial charge in [-0.25, -0.2) is 0 Å². The van der Waals surface area contributed by atoms with Gasteiger partial charge in [0, 0.05) is 5.75 Å². The summed E-state index contributed by atoms with van der Waals surface area (Å²) in [7, 11) is 0. The van der Waals surface area contributed by atoms with E-state index in [0.717, 1.165) is 5.75 Å². The Balaban J connectivity index is 1.48. The van der Waals surface area contributed by atoms with Crippen LogP contribution in [0.5, 0.6) is 0 Å². The molecule has 1 N–H and O–H groups in total. The Labute approximate surface area is 130 Å². The van der Waals surface area contributed by atoms with E-state index in [1.807, 2.05) is 30.3 Å². The molecule has 1 aromatic carbocycles. The van der Waals surface area contributed by atoms with Crippen LogP contribution < -0.4 is 5.32 Å². The Morgan fingerprint density at radius 3 is 2.77 bits per heavy atom. The lowest BCUT2D eigenvalue weighted by atomic mass is 10.2. The summed E-state index contributed by atoms with van der Waals surface area (Å²) in [6, 6.07) is 13.5. The van der Waals surface area contributed by atoms with Crippen LogP contribution in [0.2, 0.25) is 0 Å². The number of carbonyl (C=O) groups excluding carboxylic acids is 1. The van der Waals surface area contributed by atoms with Crippen LogP contribution in [0.25, 0.3) is 11.7 Å². The molecule has 0 radical (unpaired) electrons. The van der Waals surface area contributed by atoms with Gasteiger partial charge in [0.05, 0.1) is 12.0 Å². The molecule has 6 nitrogen and oxygen atoms in total. The predicted molar refractivity (Wildman–Crippen MR) is 83.2 cm³/mol. The zero-order valence-electron chi connectivity index (χ0n) is 11.6. The minimum atomic E-state index is -0.185. The van der Waals surface area contributed by atoms with Crippen molar-refractivity contribution in [2.24, 2.45) is 0 Å². The molecular weight excluding hydrogens is 302 g/mol. The molecule has 2 heterocycles. The Morgan fingerprint density at radius 2 is 2.00 bits per heavy atom. The van der Waals surface area contributed by atoms with Gasteiger partial charge in [-0.15, -0.1) is 16.9 Å². The van der Waals surface area contributed by atoms with Gasteiger partial charge < -0.3 is 8.83 Å². The number of thioether (sulfide) groups is 1. The highest BCUT2D eigenvalue weighted by Crippen LogP contribution is 2.20. The number of carbonyl (C=O) groups is 1. The average Bonchev–Trinajstić information content (AvgIpc) is 3.19. The summed E-state index contributed by atoms with van der Waals surface area (Å²) in [5.41, 5.74) is 1.18. The van der Waals surface area contributed by atoms with Crippen LogP contribution in [0.1, 0.15) is 5.56 Å². The van der Waals surface area contributed by atoms with Crippen LogP contribution >= 0.6 is 11.8 Å². The lowest BCUT2D eigenvalue weighted by molar-refractivity contribution is -0.113. The van der Waals surface area contributed by atoms with Gasteiger partial charge in [0.15, 0.2) is 5.76 Å². The number of amides is 1. The third-order valence-electron chi connectivity index (χ3n) is 2.75. The maximum Gasteiger partial charge on any atom is 0.322 e. The van der Waals surface area contributed by atoms with Gasteiger partial charge in [0.1, 0.15) is 0 Å². The van der Waals surface area contributed by atoms with E-state index in [9.17, 15) is 4.79 Å². The van der Waals surface area contributed by atoms with Gasteiger partial charge in [-0.2, -0.15) is 0 Å². The van der Waals surface area contributed by atoms with Crippen LogP contribution in [-0.4, -0.2) is 21.9 Å². The fourth-order valence-electron chi connectivity index (χ4n) is 1.76. The first kappa shape index (κ1) is 14.4. The lowest BCUT2D eigenvalue weighted by Gasteiger charge is -2.01. The molecule has 0 fully saturated rings. The SMILES string of the molecule is O=C(CSCc1ccccc1)Nc1nnc(-c2ccco2)o1. The molecule has 22 heavy (non-hydrogen) atoms. The zero-order chi connectivity index (χ0) is 15.2. The summed E-state index contributed by atoms with van der Waals surface area (Å²) < 4.78 is 10.4. The summed E-state index contributed by atoms with van der Waals surface area (Å²) in [5.74, 6) is 1.60. The van der Waals surface area contributed by atoms with Crippen molar-refractivity contribution in [2.45, 2.75) is 5.75 Å². The second kappa shape index (κ2) is 6.95. The fourth-order valence-corrected chi connectivity index (χ4v) is 2.55. The molecule has 1 amide bonds. The Morgan fingerprint density at radius 1 is 1.14 bits per heavy atom. The molecule has 0 aliphatic carbocycles. The van der Waals surface area contributed by atoms with Crippen molar-refractivity contribution in [3.63, 3.8) is 0 Å².